The van der Waals surface area contributed by atoms with E-state index in [1.165, 1.54) is 0 Å². The predicted molar refractivity (Wildman–Crippen MR) is 62.3 cm³/mol. The van der Waals surface area contributed by atoms with E-state index in [1.807, 2.05) is 6.07 Å². The van der Waals surface area contributed by atoms with Gasteiger partial charge in [0.05, 0.1) is 12.1 Å². The van der Waals surface area contributed by atoms with E-state index in [1.54, 1.807) is 13.3 Å². The molecule has 15 heavy (non-hydrogen) atoms. The molecule has 1 aromatic heterocycles. The van der Waals surface area contributed by atoms with Crippen molar-refractivity contribution in [3.63, 3.8) is 0 Å². The summed E-state index contributed by atoms with van der Waals surface area (Å²) in [5.74, 6) is 1.23. The van der Waals surface area contributed by atoms with Crippen LogP contribution in [0.3, 0.4) is 0 Å². The van der Waals surface area contributed by atoms with Gasteiger partial charge in [-0.1, -0.05) is 25.4 Å². The average Bonchev–Trinajstić information content (AvgIpc) is 2.20. The second-order valence-corrected chi connectivity index (χ2v) is 4.25. The van der Waals surface area contributed by atoms with Crippen LogP contribution in [0.15, 0.2) is 12.3 Å². The summed E-state index contributed by atoms with van der Waals surface area (Å²) in [4.78, 5) is 4.02. The molecule has 1 N–H and O–H groups in total. The molecule has 0 radical (unpaired) electrons. The minimum Gasteiger partial charge on any atom is -0.481 e. The molecule has 0 bridgehead atoms. The minimum absolute atomic E-state index is 0.598. The molecule has 1 rings (SSSR count). The number of hydrogen-bond acceptors (Lipinski definition) is 3. The van der Waals surface area contributed by atoms with Crippen molar-refractivity contribution in [2.75, 3.05) is 13.7 Å². The van der Waals surface area contributed by atoms with Crippen molar-refractivity contribution in [1.29, 1.82) is 0 Å². The monoisotopic (exact) mass is 228 g/mol. The summed E-state index contributed by atoms with van der Waals surface area (Å²) in [6.07, 6.45) is 1.62. The van der Waals surface area contributed by atoms with E-state index in [9.17, 15) is 0 Å². The SMILES string of the molecule is COc1cc(CNCC(C)C)c(Cl)cn1. The molecule has 0 aliphatic rings. The van der Waals surface area contributed by atoms with Crippen molar-refractivity contribution < 1.29 is 4.74 Å². The van der Waals surface area contributed by atoms with Gasteiger partial charge in [0.1, 0.15) is 0 Å². The topological polar surface area (TPSA) is 34.1 Å². The molecule has 4 heteroatoms. The molecule has 84 valence electrons. The van der Waals surface area contributed by atoms with Gasteiger partial charge in [-0.05, 0) is 18.0 Å². The Labute approximate surface area is 95.8 Å². The molecule has 3 nitrogen and oxygen atoms in total. The molecule has 0 saturated carbocycles. The summed E-state index contributed by atoms with van der Waals surface area (Å²) in [5, 5.41) is 4.00. The highest BCUT2D eigenvalue weighted by molar-refractivity contribution is 6.31. The number of methoxy groups -OCH3 is 1. The molecular formula is C11H17ClN2O. The zero-order valence-electron chi connectivity index (χ0n) is 9.38. The number of nitrogens with zero attached hydrogens (tertiary/aromatic N) is 1. The highest BCUT2D eigenvalue weighted by Crippen LogP contribution is 2.18. The number of ether oxygens (including phenoxy) is 1. The average molecular weight is 229 g/mol. The van der Waals surface area contributed by atoms with E-state index < -0.39 is 0 Å². The molecule has 0 aliphatic carbocycles. The van der Waals surface area contributed by atoms with Gasteiger partial charge in [0.25, 0.3) is 0 Å². The first kappa shape index (κ1) is 12.3. The van der Waals surface area contributed by atoms with Gasteiger partial charge in [0.2, 0.25) is 5.88 Å². The lowest BCUT2D eigenvalue weighted by atomic mass is 10.2. The fraction of sp³-hybridized carbons (Fsp3) is 0.545. The molecule has 0 saturated heterocycles. The quantitative estimate of drug-likeness (QED) is 0.841. The summed E-state index contributed by atoms with van der Waals surface area (Å²) in [6.45, 7) is 6.06. The fourth-order valence-electron chi connectivity index (χ4n) is 1.20. The van der Waals surface area contributed by atoms with Crippen molar-refractivity contribution in [1.82, 2.24) is 10.3 Å². The van der Waals surface area contributed by atoms with Crippen LogP contribution in [0.2, 0.25) is 5.02 Å². The highest BCUT2D eigenvalue weighted by atomic mass is 35.5. The molecule has 0 unspecified atom stereocenters. The van der Waals surface area contributed by atoms with Crippen LogP contribution in [0.4, 0.5) is 0 Å². The number of pyridine rings is 1. The minimum atomic E-state index is 0.598. The lowest BCUT2D eigenvalue weighted by molar-refractivity contribution is 0.397. The van der Waals surface area contributed by atoms with Crippen molar-refractivity contribution in [3.05, 3.63) is 22.8 Å². The Hall–Kier alpha value is -0.800. The first-order valence-electron chi connectivity index (χ1n) is 5.02. The number of nitrogens with one attached hydrogen (secondary N) is 1. The maximum absolute atomic E-state index is 6.01. The Morgan fingerprint density at radius 1 is 1.53 bits per heavy atom. The smallest absolute Gasteiger partial charge is 0.213 e. The van der Waals surface area contributed by atoms with E-state index in [4.69, 9.17) is 16.3 Å². The Bertz CT molecular complexity index is 315. The largest absolute Gasteiger partial charge is 0.481 e. The van der Waals surface area contributed by atoms with Gasteiger partial charge in [0, 0.05) is 18.8 Å². The second kappa shape index (κ2) is 5.93. The summed E-state index contributed by atoms with van der Waals surface area (Å²) in [7, 11) is 1.60. The van der Waals surface area contributed by atoms with Crippen LogP contribution in [0.5, 0.6) is 5.88 Å². The third-order valence-corrected chi connectivity index (χ3v) is 2.33. The Morgan fingerprint density at radius 3 is 2.87 bits per heavy atom. The standard InChI is InChI=1S/C11H17ClN2O/c1-8(2)5-13-6-9-4-11(15-3)14-7-10(9)12/h4,7-8,13H,5-6H2,1-3H3. The van der Waals surface area contributed by atoms with Crippen LogP contribution in [-0.2, 0) is 6.54 Å². The fourth-order valence-corrected chi connectivity index (χ4v) is 1.37. The van der Waals surface area contributed by atoms with E-state index in [-0.39, 0.29) is 0 Å². The molecule has 0 amide bonds. The van der Waals surface area contributed by atoms with Crippen LogP contribution >= 0.6 is 11.6 Å². The van der Waals surface area contributed by atoms with Crippen LogP contribution in [0.1, 0.15) is 19.4 Å². The van der Waals surface area contributed by atoms with Gasteiger partial charge in [-0.25, -0.2) is 4.98 Å². The molecule has 0 fully saturated rings. The van der Waals surface area contributed by atoms with E-state index >= 15 is 0 Å². The molecule has 0 aliphatic heterocycles. The Morgan fingerprint density at radius 2 is 2.27 bits per heavy atom. The molecule has 1 aromatic rings. The van der Waals surface area contributed by atoms with Crippen molar-refractivity contribution in [2.45, 2.75) is 20.4 Å². The first-order valence-corrected chi connectivity index (χ1v) is 5.40. The summed E-state index contributed by atoms with van der Waals surface area (Å²) >= 11 is 6.01. The van der Waals surface area contributed by atoms with E-state index in [2.05, 4.69) is 24.1 Å². The molecule has 0 aromatic carbocycles. The van der Waals surface area contributed by atoms with Gasteiger partial charge in [0.15, 0.2) is 0 Å². The predicted octanol–water partition coefficient (Wildman–Crippen LogP) is 2.49. The maximum atomic E-state index is 6.01. The lowest BCUT2D eigenvalue weighted by Crippen LogP contribution is -2.19. The van der Waals surface area contributed by atoms with Gasteiger partial charge in [-0.2, -0.15) is 0 Å². The lowest BCUT2D eigenvalue weighted by Gasteiger charge is -2.09. The summed E-state index contributed by atoms with van der Waals surface area (Å²) < 4.78 is 5.04. The zero-order valence-corrected chi connectivity index (χ0v) is 10.1. The van der Waals surface area contributed by atoms with Crippen LogP contribution < -0.4 is 10.1 Å². The number of aromatic nitrogens is 1. The Kier molecular flexibility index (Phi) is 4.85. The van der Waals surface area contributed by atoms with Gasteiger partial charge >= 0.3 is 0 Å². The van der Waals surface area contributed by atoms with Gasteiger partial charge in [-0.3, -0.25) is 0 Å². The first-order chi connectivity index (χ1) is 7.13. The second-order valence-electron chi connectivity index (χ2n) is 3.84. The Balaban J connectivity index is 2.59. The van der Waals surface area contributed by atoms with Crippen LogP contribution in [0, 0.1) is 5.92 Å². The third kappa shape index (κ3) is 4.06. The zero-order chi connectivity index (χ0) is 11.3. The summed E-state index contributed by atoms with van der Waals surface area (Å²) in [6, 6.07) is 1.86. The maximum Gasteiger partial charge on any atom is 0.213 e. The number of rotatable bonds is 5. The number of hydrogen-bond donors (Lipinski definition) is 1. The van der Waals surface area contributed by atoms with E-state index in [0.29, 0.717) is 16.8 Å². The number of halogens is 1. The normalized spacial score (nSPS) is 10.7. The van der Waals surface area contributed by atoms with Gasteiger partial charge < -0.3 is 10.1 Å². The van der Waals surface area contributed by atoms with Gasteiger partial charge in [-0.15, -0.1) is 0 Å². The molecule has 0 spiro atoms. The summed E-state index contributed by atoms with van der Waals surface area (Å²) in [5.41, 5.74) is 1.02. The highest BCUT2D eigenvalue weighted by Gasteiger charge is 2.03. The van der Waals surface area contributed by atoms with Crippen molar-refractivity contribution in [2.24, 2.45) is 5.92 Å². The molecule has 0 atom stereocenters. The van der Waals surface area contributed by atoms with Crippen LogP contribution in [0.25, 0.3) is 0 Å². The van der Waals surface area contributed by atoms with Crippen molar-refractivity contribution >= 4 is 11.6 Å². The third-order valence-electron chi connectivity index (χ3n) is 1.99. The molecule has 1 heterocycles. The van der Waals surface area contributed by atoms with Crippen LogP contribution in [-0.4, -0.2) is 18.6 Å². The van der Waals surface area contributed by atoms with E-state index in [0.717, 1.165) is 18.7 Å². The molecular weight excluding hydrogens is 212 g/mol. The van der Waals surface area contributed by atoms with Crippen molar-refractivity contribution in [3.8, 4) is 5.88 Å².